The van der Waals surface area contributed by atoms with Crippen molar-refractivity contribution in [3.05, 3.63) is 40.7 Å². The van der Waals surface area contributed by atoms with Crippen molar-refractivity contribution in [2.24, 2.45) is 0 Å². The summed E-state index contributed by atoms with van der Waals surface area (Å²) in [4.78, 5) is 11.6. The van der Waals surface area contributed by atoms with Crippen LogP contribution in [0.3, 0.4) is 0 Å². The summed E-state index contributed by atoms with van der Waals surface area (Å²) in [7, 11) is 0. The van der Waals surface area contributed by atoms with Gasteiger partial charge in [-0.3, -0.25) is 4.79 Å². The van der Waals surface area contributed by atoms with Crippen LogP contribution in [0.1, 0.15) is 16.1 Å². The van der Waals surface area contributed by atoms with Gasteiger partial charge in [-0.15, -0.1) is 0 Å². The zero-order valence-corrected chi connectivity index (χ0v) is 9.25. The predicted octanol–water partition coefficient (Wildman–Crippen LogP) is 2.02. The Morgan fingerprint density at radius 2 is 2.31 bits per heavy atom. The average molecular weight is 237 g/mol. The average Bonchev–Trinajstić information content (AvgIpc) is 2.77. The van der Waals surface area contributed by atoms with Gasteiger partial charge in [0.25, 0.3) is 5.91 Å². The molecular weight excluding hydrogens is 228 g/mol. The van der Waals surface area contributed by atoms with Gasteiger partial charge in [0, 0.05) is 10.7 Å². The summed E-state index contributed by atoms with van der Waals surface area (Å²) in [5.41, 5.74) is 1.82. The normalized spacial score (nSPS) is 10.1. The van der Waals surface area contributed by atoms with Gasteiger partial charge in [-0.05, 0) is 24.6 Å². The van der Waals surface area contributed by atoms with Gasteiger partial charge in [-0.2, -0.15) is 15.4 Å². The van der Waals surface area contributed by atoms with E-state index >= 15 is 0 Å². The molecule has 0 fully saturated rings. The molecule has 1 amide bonds. The van der Waals surface area contributed by atoms with Crippen molar-refractivity contribution < 1.29 is 4.79 Å². The van der Waals surface area contributed by atoms with E-state index in [1.165, 1.54) is 6.20 Å². The molecule has 0 aliphatic rings. The summed E-state index contributed by atoms with van der Waals surface area (Å²) in [6.45, 7) is 1.89. The molecule has 2 N–H and O–H groups in total. The molecule has 1 aromatic heterocycles. The summed E-state index contributed by atoms with van der Waals surface area (Å²) >= 11 is 5.94. The number of hydrogen-bond acceptors (Lipinski definition) is 3. The molecule has 0 aliphatic carbocycles. The highest BCUT2D eigenvalue weighted by Gasteiger charge is 2.09. The van der Waals surface area contributed by atoms with Gasteiger partial charge in [0.1, 0.15) is 0 Å². The number of hydrogen-bond donors (Lipinski definition) is 2. The topological polar surface area (TPSA) is 70.7 Å². The van der Waals surface area contributed by atoms with E-state index in [2.05, 4.69) is 20.7 Å². The first kappa shape index (κ1) is 10.6. The molecule has 0 atom stereocenters. The van der Waals surface area contributed by atoms with E-state index in [1.807, 2.05) is 13.0 Å². The number of carbonyl (C=O) groups is 1. The van der Waals surface area contributed by atoms with E-state index in [1.54, 1.807) is 12.1 Å². The first-order chi connectivity index (χ1) is 7.66. The second kappa shape index (κ2) is 4.32. The molecule has 1 aromatic carbocycles. The Bertz CT molecular complexity index is 510. The number of rotatable bonds is 2. The largest absolute Gasteiger partial charge is 0.320 e. The number of aromatic amines is 1. The highest BCUT2D eigenvalue weighted by Crippen LogP contribution is 2.20. The summed E-state index contributed by atoms with van der Waals surface area (Å²) in [6, 6.07) is 5.30. The van der Waals surface area contributed by atoms with Gasteiger partial charge in [0.05, 0.1) is 6.20 Å². The maximum Gasteiger partial charge on any atom is 0.277 e. The lowest BCUT2D eigenvalue weighted by Gasteiger charge is -2.04. The molecule has 5 nitrogen and oxygen atoms in total. The molecule has 0 radical (unpaired) electrons. The highest BCUT2D eigenvalue weighted by atomic mass is 35.5. The standard InChI is InChI=1S/C10H9ClN4O/c1-6-2-3-7(4-8(6)11)13-10(16)9-5-12-15-14-9/h2-5H,1H3,(H,13,16)(H,12,14,15). The Balaban J connectivity index is 2.15. The van der Waals surface area contributed by atoms with E-state index in [-0.39, 0.29) is 11.6 Å². The van der Waals surface area contributed by atoms with E-state index in [0.717, 1.165) is 5.56 Å². The van der Waals surface area contributed by atoms with Crippen LogP contribution < -0.4 is 5.32 Å². The van der Waals surface area contributed by atoms with Crippen LogP contribution in [0.5, 0.6) is 0 Å². The van der Waals surface area contributed by atoms with Gasteiger partial charge in [-0.25, -0.2) is 0 Å². The fourth-order valence-electron chi connectivity index (χ4n) is 1.18. The number of amides is 1. The van der Waals surface area contributed by atoms with Crippen LogP contribution in [0.15, 0.2) is 24.4 Å². The third kappa shape index (κ3) is 2.20. The molecule has 2 rings (SSSR count). The van der Waals surface area contributed by atoms with E-state index in [0.29, 0.717) is 10.7 Å². The minimum atomic E-state index is -0.325. The molecule has 16 heavy (non-hydrogen) atoms. The number of carbonyl (C=O) groups excluding carboxylic acids is 1. The summed E-state index contributed by atoms with van der Waals surface area (Å²) in [6.07, 6.45) is 1.35. The Kier molecular flexibility index (Phi) is 2.87. The number of aryl methyl sites for hydroxylation is 1. The van der Waals surface area contributed by atoms with Crippen molar-refractivity contribution >= 4 is 23.2 Å². The minimum Gasteiger partial charge on any atom is -0.320 e. The Morgan fingerprint density at radius 3 is 2.94 bits per heavy atom. The van der Waals surface area contributed by atoms with Crippen molar-refractivity contribution in [2.75, 3.05) is 5.32 Å². The fourth-order valence-corrected chi connectivity index (χ4v) is 1.36. The number of nitrogens with one attached hydrogen (secondary N) is 2. The van der Waals surface area contributed by atoms with Crippen LogP contribution in [0.2, 0.25) is 5.02 Å². The number of H-pyrrole nitrogens is 1. The number of benzene rings is 1. The van der Waals surface area contributed by atoms with Crippen molar-refractivity contribution in [2.45, 2.75) is 6.92 Å². The lowest BCUT2D eigenvalue weighted by atomic mass is 10.2. The SMILES string of the molecule is Cc1ccc(NC(=O)c2cn[nH]n2)cc1Cl. The molecule has 0 saturated carbocycles. The monoisotopic (exact) mass is 236 g/mol. The van der Waals surface area contributed by atoms with Crippen molar-refractivity contribution in [1.82, 2.24) is 15.4 Å². The van der Waals surface area contributed by atoms with Crippen LogP contribution in [-0.4, -0.2) is 21.3 Å². The van der Waals surface area contributed by atoms with Crippen LogP contribution in [0, 0.1) is 6.92 Å². The van der Waals surface area contributed by atoms with Crippen molar-refractivity contribution in [3.8, 4) is 0 Å². The van der Waals surface area contributed by atoms with Gasteiger partial charge in [0.15, 0.2) is 5.69 Å². The Hall–Kier alpha value is -1.88. The maximum absolute atomic E-state index is 11.6. The lowest BCUT2D eigenvalue weighted by molar-refractivity contribution is 0.102. The van der Waals surface area contributed by atoms with Crippen LogP contribution >= 0.6 is 11.6 Å². The molecule has 6 heteroatoms. The molecular formula is C10H9ClN4O. The summed E-state index contributed by atoms with van der Waals surface area (Å²) in [5.74, 6) is -0.325. The second-order valence-corrected chi connectivity index (χ2v) is 3.68. The first-order valence-corrected chi connectivity index (χ1v) is 4.98. The third-order valence-corrected chi connectivity index (χ3v) is 2.48. The fraction of sp³-hybridized carbons (Fsp3) is 0.100. The molecule has 2 aromatic rings. The quantitative estimate of drug-likeness (QED) is 0.838. The van der Waals surface area contributed by atoms with Gasteiger partial charge in [-0.1, -0.05) is 17.7 Å². The second-order valence-electron chi connectivity index (χ2n) is 3.27. The molecule has 0 aliphatic heterocycles. The van der Waals surface area contributed by atoms with E-state index in [4.69, 9.17) is 11.6 Å². The van der Waals surface area contributed by atoms with Gasteiger partial charge >= 0.3 is 0 Å². The van der Waals surface area contributed by atoms with Crippen molar-refractivity contribution in [1.29, 1.82) is 0 Å². The molecule has 0 spiro atoms. The van der Waals surface area contributed by atoms with E-state index in [9.17, 15) is 4.79 Å². The molecule has 0 saturated heterocycles. The van der Waals surface area contributed by atoms with Gasteiger partial charge < -0.3 is 5.32 Å². The maximum atomic E-state index is 11.6. The number of halogens is 1. The smallest absolute Gasteiger partial charge is 0.277 e. The molecule has 0 bridgehead atoms. The first-order valence-electron chi connectivity index (χ1n) is 4.60. The Morgan fingerprint density at radius 1 is 1.50 bits per heavy atom. The summed E-state index contributed by atoms with van der Waals surface area (Å²) < 4.78 is 0. The van der Waals surface area contributed by atoms with Crippen LogP contribution in [-0.2, 0) is 0 Å². The zero-order chi connectivity index (χ0) is 11.5. The van der Waals surface area contributed by atoms with Gasteiger partial charge in [0.2, 0.25) is 0 Å². The number of aromatic nitrogens is 3. The molecule has 1 heterocycles. The van der Waals surface area contributed by atoms with Crippen LogP contribution in [0.4, 0.5) is 5.69 Å². The minimum absolute atomic E-state index is 0.233. The third-order valence-electron chi connectivity index (χ3n) is 2.08. The van der Waals surface area contributed by atoms with E-state index < -0.39 is 0 Å². The Labute approximate surface area is 96.8 Å². The highest BCUT2D eigenvalue weighted by molar-refractivity contribution is 6.31. The van der Waals surface area contributed by atoms with Crippen LogP contribution in [0.25, 0.3) is 0 Å². The van der Waals surface area contributed by atoms with Crippen molar-refractivity contribution in [3.63, 3.8) is 0 Å². The zero-order valence-electron chi connectivity index (χ0n) is 8.49. The lowest BCUT2D eigenvalue weighted by Crippen LogP contribution is -2.12. The predicted molar refractivity (Wildman–Crippen MR) is 60.5 cm³/mol. The number of anilines is 1. The molecule has 0 unspecified atom stereocenters. The molecule has 82 valence electrons. The summed E-state index contributed by atoms with van der Waals surface area (Å²) in [5, 5.41) is 12.9. The number of nitrogens with zero attached hydrogens (tertiary/aromatic N) is 2.